The van der Waals surface area contributed by atoms with Crippen LogP contribution >= 0.6 is 0 Å². The summed E-state index contributed by atoms with van der Waals surface area (Å²) in [6.45, 7) is 9.69. The van der Waals surface area contributed by atoms with Gasteiger partial charge in [-0.2, -0.15) is 0 Å². The molecule has 90 valence electrons. The summed E-state index contributed by atoms with van der Waals surface area (Å²) in [5, 5.41) is 0. The van der Waals surface area contributed by atoms with Crippen LogP contribution in [0.2, 0.25) is 0 Å². The van der Waals surface area contributed by atoms with Crippen molar-refractivity contribution in [2.24, 2.45) is 23.7 Å². The lowest BCUT2D eigenvalue weighted by Gasteiger charge is -2.33. The van der Waals surface area contributed by atoms with Gasteiger partial charge in [0.05, 0.1) is 0 Å². The van der Waals surface area contributed by atoms with Gasteiger partial charge in [0.15, 0.2) is 0 Å². The standard InChI is InChI=1S/C15H30/c1-5-9-15(12(3)6-2)13(4)14-10-7-8-11-14/h12-15H,5-11H2,1-4H3. The first kappa shape index (κ1) is 13.1. The molecule has 0 aromatic rings. The van der Waals surface area contributed by atoms with E-state index in [1.807, 2.05) is 0 Å². The predicted molar refractivity (Wildman–Crippen MR) is 69.0 cm³/mol. The molecule has 0 bridgehead atoms. The van der Waals surface area contributed by atoms with Gasteiger partial charge in [-0.3, -0.25) is 0 Å². The van der Waals surface area contributed by atoms with Gasteiger partial charge in [-0.25, -0.2) is 0 Å². The molecule has 0 spiro atoms. The lowest BCUT2D eigenvalue weighted by Crippen LogP contribution is -2.24. The van der Waals surface area contributed by atoms with Crippen molar-refractivity contribution in [2.75, 3.05) is 0 Å². The Morgan fingerprint density at radius 3 is 2.13 bits per heavy atom. The van der Waals surface area contributed by atoms with Crippen LogP contribution in [0.25, 0.3) is 0 Å². The first-order valence-electron chi connectivity index (χ1n) is 7.20. The maximum absolute atomic E-state index is 2.53. The van der Waals surface area contributed by atoms with Crippen molar-refractivity contribution in [1.82, 2.24) is 0 Å². The van der Waals surface area contributed by atoms with Crippen molar-refractivity contribution in [3.63, 3.8) is 0 Å². The summed E-state index contributed by atoms with van der Waals surface area (Å²) < 4.78 is 0. The third-order valence-corrected chi connectivity index (χ3v) is 4.82. The molecule has 15 heavy (non-hydrogen) atoms. The molecule has 0 N–H and O–H groups in total. The highest BCUT2D eigenvalue weighted by Gasteiger charge is 2.29. The molecular weight excluding hydrogens is 180 g/mol. The fourth-order valence-electron chi connectivity index (χ4n) is 3.53. The van der Waals surface area contributed by atoms with E-state index in [0.717, 1.165) is 23.7 Å². The summed E-state index contributed by atoms with van der Waals surface area (Å²) in [5.74, 6) is 3.95. The van der Waals surface area contributed by atoms with Gasteiger partial charge in [0.1, 0.15) is 0 Å². The zero-order valence-corrected chi connectivity index (χ0v) is 11.3. The van der Waals surface area contributed by atoms with Crippen molar-refractivity contribution in [1.29, 1.82) is 0 Å². The number of rotatable bonds is 6. The van der Waals surface area contributed by atoms with Crippen LogP contribution in [0.5, 0.6) is 0 Å². The molecule has 0 radical (unpaired) electrons. The van der Waals surface area contributed by atoms with Crippen LogP contribution < -0.4 is 0 Å². The molecule has 1 saturated carbocycles. The minimum Gasteiger partial charge on any atom is -0.0654 e. The van der Waals surface area contributed by atoms with Gasteiger partial charge in [0, 0.05) is 0 Å². The molecule has 3 atom stereocenters. The van der Waals surface area contributed by atoms with E-state index in [0.29, 0.717) is 0 Å². The van der Waals surface area contributed by atoms with Gasteiger partial charge in [-0.05, 0) is 23.7 Å². The van der Waals surface area contributed by atoms with E-state index in [1.165, 1.54) is 44.9 Å². The molecule has 0 amide bonds. The van der Waals surface area contributed by atoms with Crippen LogP contribution in [0.15, 0.2) is 0 Å². The zero-order valence-electron chi connectivity index (χ0n) is 11.3. The first-order valence-corrected chi connectivity index (χ1v) is 7.20. The average molecular weight is 210 g/mol. The summed E-state index contributed by atoms with van der Waals surface area (Å²) in [6, 6.07) is 0. The largest absolute Gasteiger partial charge is 0.0654 e. The van der Waals surface area contributed by atoms with E-state index in [-0.39, 0.29) is 0 Å². The number of hydrogen-bond acceptors (Lipinski definition) is 0. The highest BCUT2D eigenvalue weighted by atomic mass is 14.3. The quantitative estimate of drug-likeness (QED) is 0.560. The Morgan fingerprint density at radius 1 is 1.07 bits per heavy atom. The topological polar surface area (TPSA) is 0 Å². The highest BCUT2D eigenvalue weighted by molar-refractivity contribution is 4.80. The molecule has 0 nitrogen and oxygen atoms in total. The van der Waals surface area contributed by atoms with E-state index >= 15 is 0 Å². The van der Waals surface area contributed by atoms with E-state index in [4.69, 9.17) is 0 Å². The summed E-state index contributed by atoms with van der Waals surface area (Å²) in [5.41, 5.74) is 0. The third kappa shape index (κ3) is 3.50. The second-order valence-electron chi connectivity index (χ2n) is 5.74. The average Bonchev–Trinajstić information content (AvgIpc) is 2.77. The van der Waals surface area contributed by atoms with E-state index in [2.05, 4.69) is 27.7 Å². The van der Waals surface area contributed by atoms with Gasteiger partial charge in [0.25, 0.3) is 0 Å². The highest BCUT2D eigenvalue weighted by Crippen LogP contribution is 2.40. The normalized spacial score (nSPS) is 24.0. The van der Waals surface area contributed by atoms with E-state index in [1.54, 1.807) is 0 Å². The lowest BCUT2D eigenvalue weighted by molar-refractivity contribution is 0.170. The second kappa shape index (κ2) is 6.55. The smallest absolute Gasteiger partial charge is 0.0360 e. The van der Waals surface area contributed by atoms with Crippen molar-refractivity contribution >= 4 is 0 Å². The molecule has 0 aliphatic heterocycles. The van der Waals surface area contributed by atoms with Gasteiger partial charge >= 0.3 is 0 Å². The Morgan fingerprint density at radius 2 is 1.67 bits per heavy atom. The van der Waals surface area contributed by atoms with Crippen LogP contribution in [0.3, 0.4) is 0 Å². The molecule has 0 heteroatoms. The fourth-order valence-corrected chi connectivity index (χ4v) is 3.53. The van der Waals surface area contributed by atoms with E-state index in [9.17, 15) is 0 Å². The van der Waals surface area contributed by atoms with Crippen molar-refractivity contribution in [3.8, 4) is 0 Å². The zero-order chi connectivity index (χ0) is 11.3. The molecular formula is C15H30. The Kier molecular flexibility index (Phi) is 5.71. The van der Waals surface area contributed by atoms with Crippen LogP contribution in [-0.2, 0) is 0 Å². The molecule has 1 aliphatic rings. The maximum Gasteiger partial charge on any atom is -0.0360 e. The maximum atomic E-state index is 2.53. The van der Waals surface area contributed by atoms with Crippen LogP contribution in [-0.4, -0.2) is 0 Å². The van der Waals surface area contributed by atoms with E-state index < -0.39 is 0 Å². The summed E-state index contributed by atoms with van der Waals surface area (Å²) >= 11 is 0. The molecule has 0 aromatic carbocycles. The Labute approximate surface area is 96.8 Å². The van der Waals surface area contributed by atoms with Crippen molar-refractivity contribution in [2.45, 2.75) is 72.6 Å². The SMILES string of the molecule is CCCC(C(C)CC)C(C)C1CCCC1. The molecule has 0 heterocycles. The van der Waals surface area contributed by atoms with Crippen molar-refractivity contribution < 1.29 is 0 Å². The molecule has 1 rings (SSSR count). The third-order valence-electron chi connectivity index (χ3n) is 4.82. The van der Waals surface area contributed by atoms with Crippen LogP contribution in [0.1, 0.15) is 72.6 Å². The first-order chi connectivity index (χ1) is 7.20. The van der Waals surface area contributed by atoms with Gasteiger partial charge in [0.2, 0.25) is 0 Å². The Bertz CT molecular complexity index is 155. The molecule has 0 aromatic heterocycles. The van der Waals surface area contributed by atoms with Crippen LogP contribution in [0.4, 0.5) is 0 Å². The fraction of sp³-hybridized carbons (Fsp3) is 1.00. The Hall–Kier alpha value is 0. The minimum absolute atomic E-state index is 0.931. The molecule has 0 saturated heterocycles. The predicted octanol–water partition coefficient (Wildman–Crippen LogP) is 5.28. The van der Waals surface area contributed by atoms with Gasteiger partial charge < -0.3 is 0 Å². The summed E-state index contributed by atoms with van der Waals surface area (Å²) in [7, 11) is 0. The lowest BCUT2D eigenvalue weighted by atomic mass is 9.73. The molecule has 1 fully saturated rings. The van der Waals surface area contributed by atoms with Crippen LogP contribution in [0, 0.1) is 23.7 Å². The summed E-state index contributed by atoms with van der Waals surface area (Å²) in [6.07, 6.45) is 10.2. The number of hydrogen-bond donors (Lipinski definition) is 0. The van der Waals surface area contributed by atoms with Crippen molar-refractivity contribution in [3.05, 3.63) is 0 Å². The molecule has 3 unspecified atom stereocenters. The van der Waals surface area contributed by atoms with Gasteiger partial charge in [-0.1, -0.05) is 72.6 Å². The monoisotopic (exact) mass is 210 g/mol. The second-order valence-corrected chi connectivity index (χ2v) is 5.74. The summed E-state index contributed by atoms with van der Waals surface area (Å²) in [4.78, 5) is 0. The minimum atomic E-state index is 0.931. The van der Waals surface area contributed by atoms with Gasteiger partial charge in [-0.15, -0.1) is 0 Å². The molecule has 1 aliphatic carbocycles. The Balaban J connectivity index is 2.52.